The topological polar surface area (TPSA) is 41.1 Å². The third kappa shape index (κ3) is 3.97. The summed E-state index contributed by atoms with van der Waals surface area (Å²) >= 11 is 0. The second kappa shape index (κ2) is 7.64. The zero-order chi connectivity index (χ0) is 17.0. The molecular weight excluding hydrogens is 303 g/mol. The van der Waals surface area contributed by atoms with E-state index in [2.05, 4.69) is 17.6 Å². The monoisotopic (exact) mass is 332 g/mol. The van der Waals surface area contributed by atoms with Gasteiger partial charge < -0.3 is 10.6 Å². The molecule has 2 fully saturated rings. The minimum Gasteiger partial charge on any atom is -0.355 e. The Kier molecular flexibility index (Phi) is 5.54. The Morgan fingerprint density at radius 3 is 2.54 bits per heavy atom. The zero-order valence-corrected chi connectivity index (χ0v) is 14.6. The molecule has 1 saturated heterocycles. The Morgan fingerprint density at radius 2 is 1.96 bits per heavy atom. The van der Waals surface area contributed by atoms with Gasteiger partial charge in [0.1, 0.15) is 5.82 Å². The van der Waals surface area contributed by atoms with Crippen molar-refractivity contribution >= 4 is 5.91 Å². The minimum absolute atomic E-state index is 0.0152. The Bertz CT molecular complexity index is 547. The standard InChI is InChI=1S/C20H29FN2O/c1-15(16-7-11-22-12-8-16)13-19(24)23-14-20(9-2-10-20)17-3-5-18(21)6-4-17/h3-6,15-16,22H,2,7-14H2,1H3,(H,23,24). The summed E-state index contributed by atoms with van der Waals surface area (Å²) in [4.78, 5) is 12.4. The van der Waals surface area contributed by atoms with Crippen LogP contribution >= 0.6 is 0 Å². The molecule has 0 spiro atoms. The highest BCUT2D eigenvalue weighted by atomic mass is 19.1. The molecule has 132 valence electrons. The predicted octanol–water partition coefficient (Wildman–Crippen LogP) is 3.39. The molecule has 0 radical (unpaired) electrons. The van der Waals surface area contributed by atoms with E-state index in [4.69, 9.17) is 0 Å². The molecule has 24 heavy (non-hydrogen) atoms. The molecule has 2 aliphatic rings. The van der Waals surface area contributed by atoms with Gasteiger partial charge in [0.15, 0.2) is 0 Å². The van der Waals surface area contributed by atoms with Crippen LogP contribution < -0.4 is 10.6 Å². The van der Waals surface area contributed by atoms with Crippen LogP contribution in [-0.4, -0.2) is 25.5 Å². The molecular formula is C20H29FN2O. The molecule has 1 aromatic carbocycles. The SMILES string of the molecule is CC(CC(=O)NCC1(c2ccc(F)cc2)CCC1)C1CCNCC1. The highest BCUT2D eigenvalue weighted by Crippen LogP contribution is 2.43. The molecule has 0 bridgehead atoms. The number of hydrogen-bond donors (Lipinski definition) is 2. The number of piperidine rings is 1. The molecule has 1 unspecified atom stereocenters. The number of halogens is 1. The van der Waals surface area contributed by atoms with Crippen molar-refractivity contribution in [1.29, 1.82) is 0 Å². The number of nitrogens with one attached hydrogen (secondary N) is 2. The molecule has 4 heteroatoms. The number of rotatable bonds is 6. The Labute approximate surface area is 144 Å². The summed E-state index contributed by atoms with van der Waals surface area (Å²) in [5.74, 6) is 1.06. The number of hydrogen-bond acceptors (Lipinski definition) is 2. The highest BCUT2D eigenvalue weighted by molar-refractivity contribution is 5.76. The largest absolute Gasteiger partial charge is 0.355 e. The first kappa shape index (κ1) is 17.4. The predicted molar refractivity (Wildman–Crippen MR) is 94.3 cm³/mol. The molecule has 1 saturated carbocycles. The van der Waals surface area contributed by atoms with Crippen LogP contribution in [0.1, 0.15) is 51.0 Å². The van der Waals surface area contributed by atoms with Crippen LogP contribution in [0.4, 0.5) is 4.39 Å². The summed E-state index contributed by atoms with van der Waals surface area (Å²) in [6.45, 7) is 5.03. The Balaban J connectivity index is 1.51. The molecule has 1 amide bonds. The molecule has 1 atom stereocenters. The van der Waals surface area contributed by atoms with E-state index >= 15 is 0 Å². The van der Waals surface area contributed by atoms with E-state index in [9.17, 15) is 9.18 Å². The first-order valence-electron chi connectivity index (χ1n) is 9.32. The molecule has 1 heterocycles. The second-order valence-corrected chi connectivity index (χ2v) is 7.69. The zero-order valence-electron chi connectivity index (χ0n) is 14.6. The maximum atomic E-state index is 13.2. The first-order valence-corrected chi connectivity index (χ1v) is 9.32. The minimum atomic E-state index is -0.201. The van der Waals surface area contributed by atoms with Crippen LogP contribution in [-0.2, 0) is 10.2 Å². The van der Waals surface area contributed by atoms with E-state index in [0.717, 1.165) is 31.5 Å². The molecule has 1 aliphatic carbocycles. The summed E-state index contributed by atoms with van der Waals surface area (Å²) in [5, 5.41) is 6.54. The highest BCUT2D eigenvalue weighted by Gasteiger charge is 2.39. The van der Waals surface area contributed by atoms with E-state index in [1.807, 2.05) is 12.1 Å². The van der Waals surface area contributed by atoms with Crippen molar-refractivity contribution in [3.05, 3.63) is 35.6 Å². The third-order valence-corrected chi connectivity index (χ3v) is 6.09. The average molecular weight is 332 g/mol. The van der Waals surface area contributed by atoms with Crippen LogP contribution in [0.5, 0.6) is 0 Å². The number of carbonyl (C=O) groups is 1. The lowest BCUT2D eigenvalue weighted by molar-refractivity contribution is -0.122. The van der Waals surface area contributed by atoms with Crippen molar-refractivity contribution in [3.8, 4) is 0 Å². The summed E-state index contributed by atoms with van der Waals surface area (Å²) in [6.07, 6.45) is 6.29. The van der Waals surface area contributed by atoms with Gasteiger partial charge in [0, 0.05) is 18.4 Å². The fourth-order valence-corrected chi connectivity index (χ4v) is 4.19. The quantitative estimate of drug-likeness (QED) is 0.838. The van der Waals surface area contributed by atoms with E-state index in [1.54, 1.807) is 0 Å². The summed E-state index contributed by atoms with van der Waals surface area (Å²) in [7, 11) is 0. The Hall–Kier alpha value is -1.42. The normalized spacial score (nSPS) is 21.8. The van der Waals surface area contributed by atoms with Crippen LogP contribution in [0.3, 0.4) is 0 Å². The molecule has 1 aromatic rings. The van der Waals surface area contributed by atoms with E-state index < -0.39 is 0 Å². The van der Waals surface area contributed by atoms with Crippen LogP contribution in [0.25, 0.3) is 0 Å². The van der Waals surface area contributed by atoms with E-state index in [-0.39, 0.29) is 17.1 Å². The molecule has 3 rings (SSSR count). The van der Waals surface area contributed by atoms with Gasteiger partial charge in [-0.15, -0.1) is 0 Å². The Morgan fingerprint density at radius 1 is 1.29 bits per heavy atom. The van der Waals surface area contributed by atoms with E-state index in [0.29, 0.717) is 24.8 Å². The van der Waals surface area contributed by atoms with Gasteiger partial charge in [-0.3, -0.25) is 4.79 Å². The number of benzene rings is 1. The fraction of sp³-hybridized carbons (Fsp3) is 0.650. The van der Waals surface area contributed by atoms with Gasteiger partial charge in [-0.25, -0.2) is 4.39 Å². The van der Waals surface area contributed by atoms with Crippen molar-refractivity contribution in [2.75, 3.05) is 19.6 Å². The lowest BCUT2D eigenvalue weighted by atomic mass is 9.64. The maximum absolute atomic E-state index is 13.2. The third-order valence-electron chi connectivity index (χ3n) is 6.09. The average Bonchev–Trinajstić information content (AvgIpc) is 2.56. The number of amides is 1. The molecule has 2 N–H and O–H groups in total. The summed E-state index contributed by atoms with van der Waals surface area (Å²) < 4.78 is 13.2. The number of carbonyl (C=O) groups excluding carboxylic acids is 1. The molecule has 1 aliphatic heterocycles. The van der Waals surface area contributed by atoms with Gasteiger partial charge >= 0.3 is 0 Å². The smallest absolute Gasteiger partial charge is 0.220 e. The van der Waals surface area contributed by atoms with Crippen molar-refractivity contribution in [2.45, 2.75) is 50.9 Å². The van der Waals surface area contributed by atoms with Gasteiger partial charge in [-0.2, -0.15) is 0 Å². The molecule has 3 nitrogen and oxygen atoms in total. The lowest BCUT2D eigenvalue weighted by Crippen LogP contribution is -2.46. The van der Waals surface area contributed by atoms with Crippen LogP contribution in [0, 0.1) is 17.7 Å². The van der Waals surface area contributed by atoms with Crippen molar-refractivity contribution in [2.24, 2.45) is 11.8 Å². The fourth-order valence-electron chi connectivity index (χ4n) is 4.19. The van der Waals surface area contributed by atoms with Gasteiger partial charge in [-0.1, -0.05) is 25.5 Å². The van der Waals surface area contributed by atoms with Gasteiger partial charge in [-0.05, 0) is 68.3 Å². The lowest BCUT2D eigenvalue weighted by Gasteiger charge is -2.42. The van der Waals surface area contributed by atoms with Gasteiger partial charge in [0.05, 0.1) is 0 Å². The van der Waals surface area contributed by atoms with Gasteiger partial charge in [0.2, 0.25) is 5.91 Å². The van der Waals surface area contributed by atoms with Crippen molar-refractivity contribution < 1.29 is 9.18 Å². The summed E-state index contributed by atoms with van der Waals surface area (Å²) in [6, 6.07) is 6.80. The summed E-state index contributed by atoms with van der Waals surface area (Å²) in [5.41, 5.74) is 1.17. The van der Waals surface area contributed by atoms with E-state index in [1.165, 1.54) is 31.4 Å². The van der Waals surface area contributed by atoms with Crippen molar-refractivity contribution in [1.82, 2.24) is 10.6 Å². The van der Waals surface area contributed by atoms with Crippen LogP contribution in [0.2, 0.25) is 0 Å². The van der Waals surface area contributed by atoms with Crippen LogP contribution in [0.15, 0.2) is 24.3 Å². The molecule has 0 aromatic heterocycles. The second-order valence-electron chi connectivity index (χ2n) is 7.69. The van der Waals surface area contributed by atoms with Gasteiger partial charge in [0.25, 0.3) is 0 Å². The first-order chi connectivity index (χ1) is 11.6. The van der Waals surface area contributed by atoms with Crippen molar-refractivity contribution in [3.63, 3.8) is 0 Å². The maximum Gasteiger partial charge on any atom is 0.220 e.